The third-order valence-corrected chi connectivity index (χ3v) is 11.2. The summed E-state index contributed by atoms with van der Waals surface area (Å²) in [5.41, 5.74) is 14.6. The minimum absolute atomic E-state index is 0.230. The van der Waals surface area contributed by atoms with Crippen LogP contribution in [0.1, 0.15) is 91.7 Å². The van der Waals surface area contributed by atoms with Crippen LogP contribution in [0.3, 0.4) is 0 Å². The molecule has 0 heterocycles. The summed E-state index contributed by atoms with van der Waals surface area (Å²) in [6.45, 7) is 7.02. The molecule has 0 saturated heterocycles. The van der Waals surface area contributed by atoms with Crippen molar-refractivity contribution in [3.63, 3.8) is 0 Å². The van der Waals surface area contributed by atoms with Crippen molar-refractivity contribution in [3.8, 4) is 0 Å². The molecule has 0 aromatic heterocycles. The van der Waals surface area contributed by atoms with Crippen molar-refractivity contribution in [1.29, 1.82) is 0 Å². The predicted octanol–water partition coefficient (Wildman–Crippen LogP) is 11.9. The maximum atomic E-state index is 2.64. The monoisotopic (exact) mass is 554 g/mol. The van der Waals surface area contributed by atoms with E-state index < -0.39 is 0 Å². The fourth-order valence-corrected chi connectivity index (χ4v) is 9.20. The van der Waals surface area contributed by atoms with E-state index in [1.807, 2.05) is 0 Å². The van der Waals surface area contributed by atoms with E-state index in [4.69, 9.17) is 0 Å². The van der Waals surface area contributed by atoms with Gasteiger partial charge in [0.05, 0.1) is 5.41 Å². The smallest absolute Gasteiger partial charge is 0.0719 e. The molecule has 210 valence electrons. The molecule has 0 fully saturated rings. The van der Waals surface area contributed by atoms with Gasteiger partial charge in [-0.15, -0.1) is 0 Å². The van der Waals surface area contributed by atoms with Gasteiger partial charge in [0.15, 0.2) is 0 Å². The highest BCUT2D eigenvalue weighted by atomic mass is 14.6. The molecule has 4 aliphatic rings. The zero-order chi connectivity index (χ0) is 28.9. The first kappa shape index (κ1) is 25.3. The van der Waals surface area contributed by atoms with Crippen molar-refractivity contribution >= 4 is 43.5 Å². The van der Waals surface area contributed by atoms with Crippen LogP contribution in [0, 0.1) is 6.92 Å². The Morgan fingerprint density at radius 2 is 1.53 bits per heavy atom. The van der Waals surface area contributed by atoms with E-state index in [1.54, 1.807) is 5.57 Å². The van der Waals surface area contributed by atoms with Gasteiger partial charge in [0.2, 0.25) is 0 Å². The van der Waals surface area contributed by atoms with Crippen LogP contribution in [0.5, 0.6) is 0 Å². The van der Waals surface area contributed by atoms with Crippen LogP contribution >= 0.6 is 0 Å². The third kappa shape index (κ3) is 3.17. The molecular weight excluding hydrogens is 516 g/mol. The Bertz CT molecular complexity index is 2160. The lowest BCUT2D eigenvalue weighted by Gasteiger charge is -2.33. The average molecular weight is 555 g/mol. The van der Waals surface area contributed by atoms with Crippen molar-refractivity contribution in [1.82, 2.24) is 0 Å². The molecule has 1 spiro atoms. The van der Waals surface area contributed by atoms with Crippen LogP contribution in [-0.4, -0.2) is 0 Å². The normalized spacial score (nSPS) is 21.1. The quantitative estimate of drug-likeness (QED) is 0.190. The molecule has 0 heteroatoms. The molecule has 5 aromatic rings. The second kappa shape index (κ2) is 9.17. The van der Waals surface area contributed by atoms with Gasteiger partial charge in [-0.05, 0) is 151 Å². The highest BCUT2D eigenvalue weighted by Crippen LogP contribution is 2.65. The maximum absolute atomic E-state index is 2.64. The van der Waals surface area contributed by atoms with Gasteiger partial charge in [0.1, 0.15) is 0 Å². The molecule has 4 aliphatic carbocycles. The van der Waals surface area contributed by atoms with E-state index in [1.165, 1.54) is 88.8 Å². The Hall–Kier alpha value is -4.16. The van der Waals surface area contributed by atoms with Crippen molar-refractivity contribution < 1.29 is 0 Å². The Kier molecular flexibility index (Phi) is 5.41. The lowest BCUT2D eigenvalue weighted by atomic mass is 9.68. The number of rotatable bonds is 2. The largest absolute Gasteiger partial charge is 0.0842 e. The third-order valence-electron chi connectivity index (χ3n) is 11.2. The Balaban J connectivity index is 1.49. The predicted molar refractivity (Wildman–Crippen MR) is 185 cm³/mol. The van der Waals surface area contributed by atoms with Gasteiger partial charge < -0.3 is 0 Å². The second-order valence-electron chi connectivity index (χ2n) is 13.3. The Morgan fingerprint density at radius 1 is 0.744 bits per heavy atom. The summed E-state index contributed by atoms with van der Waals surface area (Å²) >= 11 is 0. The van der Waals surface area contributed by atoms with Crippen LogP contribution in [0.25, 0.3) is 43.5 Å². The lowest BCUT2D eigenvalue weighted by Crippen LogP contribution is -2.27. The van der Waals surface area contributed by atoms with Crippen molar-refractivity contribution in [2.24, 2.45) is 0 Å². The van der Waals surface area contributed by atoms with Crippen LogP contribution in [-0.2, 0) is 5.41 Å². The number of aryl methyl sites for hydroxylation is 1. The van der Waals surface area contributed by atoms with E-state index >= 15 is 0 Å². The van der Waals surface area contributed by atoms with Gasteiger partial charge in [0, 0.05) is 0 Å². The molecule has 0 radical (unpaired) electrons. The molecule has 2 unspecified atom stereocenters. The molecule has 9 rings (SSSR count). The van der Waals surface area contributed by atoms with Crippen molar-refractivity contribution in [2.45, 2.75) is 70.6 Å². The van der Waals surface area contributed by atoms with Crippen LogP contribution in [0.4, 0.5) is 0 Å². The van der Waals surface area contributed by atoms with E-state index in [9.17, 15) is 0 Å². The molecular formula is C43H38. The maximum Gasteiger partial charge on any atom is 0.0719 e. The van der Waals surface area contributed by atoms with Gasteiger partial charge in [-0.1, -0.05) is 98.8 Å². The summed E-state index contributed by atoms with van der Waals surface area (Å²) in [4.78, 5) is 0. The first-order chi connectivity index (χ1) is 21.1. The lowest BCUT2D eigenvalue weighted by molar-refractivity contribution is 0.740. The molecule has 0 nitrogen and oxygen atoms in total. The van der Waals surface area contributed by atoms with E-state index in [0.29, 0.717) is 5.92 Å². The standard InChI is InChI=1S/C43H38/c1-4-26(2)28-18-13-20-33-34-24-36-31-15-6-5-7-21-39(31)43(37-22-10-8-16-29(37)30-17-9-11-23-38(30)43)40(36)25-35(34)32-19-12-14-27(3)41(32)42(28)33/h7-8,10,12-14,16-26H,4-6,9,11,15H2,1-3H3. The van der Waals surface area contributed by atoms with Crippen molar-refractivity contribution in [2.75, 3.05) is 0 Å². The van der Waals surface area contributed by atoms with Crippen LogP contribution < -0.4 is 0 Å². The van der Waals surface area contributed by atoms with Gasteiger partial charge in [0.25, 0.3) is 0 Å². The minimum atomic E-state index is -0.230. The SMILES string of the molecule is CCC(C)c1cccc2c3cc4c(cc3c3cccc(C)c3c12)C1(C2=CCCC=C2c2ccccc21)C1=C4CCCC=C1. The summed E-state index contributed by atoms with van der Waals surface area (Å²) in [5, 5.41) is 8.52. The molecule has 0 amide bonds. The van der Waals surface area contributed by atoms with Gasteiger partial charge in [-0.3, -0.25) is 0 Å². The average Bonchev–Trinajstić information content (AvgIpc) is 3.34. The molecule has 0 aliphatic heterocycles. The molecule has 2 atom stereocenters. The summed E-state index contributed by atoms with van der Waals surface area (Å²) < 4.78 is 0. The van der Waals surface area contributed by atoms with E-state index in [-0.39, 0.29) is 5.41 Å². The summed E-state index contributed by atoms with van der Waals surface area (Å²) in [6.07, 6.45) is 17.0. The van der Waals surface area contributed by atoms with E-state index in [0.717, 1.165) is 32.1 Å². The van der Waals surface area contributed by atoms with Crippen LogP contribution in [0.15, 0.2) is 108 Å². The number of benzene rings is 5. The Labute approximate surface area is 255 Å². The van der Waals surface area contributed by atoms with E-state index in [2.05, 4.69) is 118 Å². The number of hydrogen-bond acceptors (Lipinski definition) is 0. The molecule has 0 N–H and O–H groups in total. The minimum Gasteiger partial charge on any atom is -0.0842 e. The molecule has 0 saturated carbocycles. The fraction of sp³-hybridized carbons (Fsp3) is 0.256. The molecule has 43 heavy (non-hydrogen) atoms. The van der Waals surface area contributed by atoms with Gasteiger partial charge >= 0.3 is 0 Å². The number of fused-ring (bicyclic) bond motifs is 15. The second-order valence-corrected chi connectivity index (χ2v) is 13.3. The van der Waals surface area contributed by atoms with Crippen molar-refractivity contribution in [3.05, 3.63) is 142 Å². The summed E-state index contributed by atoms with van der Waals surface area (Å²) in [7, 11) is 0. The number of allylic oxidation sites excluding steroid dienone is 8. The summed E-state index contributed by atoms with van der Waals surface area (Å²) in [6, 6.07) is 28.6. The topological polar surface area (TPSA) is 0 Å². The highest BCUT2D eigenvalue weighted by molar-refractivity contribution is 6.27. The number of hydrogen-bond donors (Lipinski definition) is 0. The fourth-order valence-electron chi connectivity index (χ4n) is 9.20. The zero-order valence-electron chi connectivity index (χ0n) is 25.6. The van der Waals surface area contributed by atoms with Gasteiger partial charge in [-0.25, -0.2) is 0 Å². The van der Waals surface area contributed by atoms with Crippen LogP contribution in [0.2, 0.25) is 0 Å². The zero-order valence-corrected chi connectivity index (χ0v) is 25.6. The summed E-state index contributed by atoms with van der Waals surface area (Å²) in [5.74, 6) is 0.515. The molecule has 5 aromatic carbocycles. The van der Waals surface area contributed by atoms with Gasteiger partial charge in [-0.2, -0.15) is 0 Å². The molecule has 0 bridgehead atoms. The Morgan fingerprint density at radius 3 is 2.42 bits per heavy atom. The first-order valence-electron chi connectivity index (χ1n) is 16.5. The highest BCUT2D eigenvalue weighted by Gasteiger charge is 2.54. The first-order valence-corrected chi connectivity index (χ1v) is 16.5.